The summed E-state index contributed by atoms with van der Waals surface area (Å²) in [5.74, 6) is -6.06. The van der Waals surface area contributed by atoms with Gasteiger partial charge in [-0.1, -0.05) is 11.6 Å². The van der Waals surface area contributed by atoms with Gasteiger partial charge in [0.1, 0.15) is 0 Å². The third-order valence-corrected chi connectivity index (χ3v) is 10.1. The van der Waals surface area contributed by atoms with Crippen molar-refractivity contribution in [3.05, 3.63) is 77.1 Å². The van der Waals surface area contributed by atoms with Crippen molar-refractivity contribution in [2.45, 2.75) is 48.0 Å². The Hall–Kier alpha value is -2.89. The zero-order chi connectivity index (χ0) is 26.5. The van der Waals surface area contributed by atoms with Gasteiger partial charge in [-0.3, -0.25) is 4.79 Å². The Morgan fingerprint density at radius 1 is 1.14 bits per heavy atom. The number of sulfone groups is 1. The van der Waals surface area contributed by atoms with E-state index in [9.17, 15) is 31.5 Å². The maximum atomic E-state index is 13.8. The quantitative estimate of drug-likeness (QED) is 0.435. The Kier molecular flexibility index (Phi) is 6.57. The van der Waals surface area contributed by atoms with Crippen LogP contribution in [-0.2, 0) is 16.4 Å². The molecule has 196 valence electrons. The first-order chi connectivity index (χ1) is 17.5. The molecule has 2 aliphatic carbocycles. The van der Waals surface area contributed by atoms with Gasteiger partial charge in [-0.2, -0.15) is 0 Å². The minimum absolute atomic E-state index is 0.0610. The molecular weight excluding hydrogens is 531 g/mol. The van der Waals surface area contributed by atoms with Crippen molar-refractivity contribution in [3.63, 3.8) is 0 Å². The lowest BCUT2D eigenvalue weighted by Crippen LogP contribution is -2.48. The maximum absolute atomic E-state index is 13.8. The minimum Gasteiger partial charge on any atom is -0.388 e. The van der Waals surface area contributed by atoms with Crippen molar-refractivity contribution in [1.82, 2.24) is 9.55 Å². The van der Waals surface area contributed by atoms with Crippen LogP contribution < -0.4 is 5.32 Å². The second-order valence-corrected chi connectivity index (χ2v) is 12.3. The summed E-state index contributed by atoms with van der Waals surface area (Å²) in [4.78, 5) is 16.5. The molecule has 0 spiro atoms. The van der Waals surface area contributed by atoms with E-state index in [-0.39, 0.29) is 33.0 Å². The summed E-state index contributed by atoms with van der Waals surface area (Å²) >= 11 is 6.28. The summed E-state index contributed by atoms with van der Waals surface area (Å²) in [6, 6.07) is 4.93. The van der Waals surface area contributed by atoms with Gasteiger partial charge in [0.15, 0.2) is 27.3 Å². The van der Waals surface area contributed by atoms with Gasteiger partial charge in [0, 0.05) is 35.8 Å². The third kappa shape index (κ3) is 4.87. The average Bonchev–Trinajstić information content (AvgIpc) is 3.43. The van der Waals surface area contributed by atoms with Crippen LogP contribution in [0.3, 0.4) is 0 Å². The predicted molar refractivity (Wildman–Crippen MR) is 129 cm³/mol. The first-order valence-electron chi connectivity index (χ1n) is 11.6. The van der Waals surface area contributed by atoms with E-state index in [4.69, 9.17) is 11.6 Å². The summed E-state index contributed by atoms with van der Waals surface area (Å²) in [6.07, 6.45) is 6.83. The van der Waals surface area contributed by atoms with E-state index in [1.54, 1.807) is 23.3 Å². The zero-order valence-electron chi connectivity index (χ0n) is 19.4. The molecule has 1 heterocycles. The molecule has 12 heteroatoms. The molecule has 2 aliphatic rings. The van der Waals surface area contributed by atoms with E-state index in [0.717, 1.165) is 6.07 Å². The number of imidazole rings is 1. The Morgan fingerprint density at radius 2 is 1.78 bits per heavy atom. The SMILES string of the molecule is O=C(Nc1cc(F)c(F)c(F)c1)c1ccc(Cl)c(S(=O)(=O)[C@H]2C3CC[C@H]2C[C@](O)(Cn2ccnc2)C3)c1. The average molecular weight is 554 g/mol. The largest absolute Gasteiger partial charge is 0.388 e. The summed E-state index contributed by atoms with van der Waals surface area (Å²) in [7, 11) is -4.00. The van der Waals surface area contributed by atoms with Gasteiger partial charge in [0.2, 0.25) is 0 Å². The second kappa shape index (κ2) is 9.45. The van der Waals surface area contributed by atoms with Crippen LogP contribution in [0.5, 0.6) is 0 Å². The number of halogens is 4. The molecule has 1 unspecified atom stereocenters. The van der Waals surface area contributed by atoms with Crippen LogP contribution in [0.15, 0.2) is 53.9 Å². The van der Waals surface area contributed by atoms with Crippen molar-refractivity contribution in [2.75, 3.05) is 5.32 Å². The number of hydrogen-bond donors (Lipinski definition) is 2. The van der Waals surface area contributed by atoms with Crippen LogP contribution in [0.25, 0.3) is 0 Å². The molecule has 37 heavy (non-hydrogen) atoms. The van der Waals surface area contributed by atoms with Gasteiger partial charge < -0.3 is 15.0 Å². The van der Waals surface area contributed by atoms with Gasteiger partial charge in [-0.05, 0) is 55.7 Å². The molecule has 1 amide bonds. The van der Waals surface area contributed by atoms with E-state index in [1.165, 1.54) is 12.1 Å². The normalized spacial score (nSPS) is 25.3. The van der Waals surface area contributed by atoms with Gasteiger partial charge >= 0.3 is 0 Å². The second-order valence-electron chi connectivity index (χ2n) is 9.83. The molecule has 0 saturated heterocycles. The number of carbonyl (C=O) groups excluding carboxylic acids is 1. The number of nitrogens with one attached hydrogen (secondary N) is 1. The highest BCUT2D eigenvalue weighted by atomic mass is 35.5. The van der Waals surface area contributed by atoms with Gasteiger partial charge in [-0.25, -0.2) is 26.6 Å². The number of fused-ring (bicyclic) bond motifs is 2. The number of nitrogens with zero attached hydrogens (tertiary/aromatic N) is 2. The fourth-order valence-electron chi connectivity index (χ4n) is 5.83. The Bertz CT molecular complexity index is 1430. The summed E-state index contributed by atoms with van der Waals surface area (Å²) in [5, 5.41) is 12.7. The molecule has 2 bridgehead atoms. The number of amides is 1. The monoisotopic (exact) mass is 553 g/mol. The van der Waals surface area contributed by atoms with E-state index in [2.05, 4.69) is 10.3 Å². The molecule has 0 radical (unpaired) electrons. The van der Waals surface area contributed by atoms with E-state index in [1.807, 2.05) is 0 Å². The van der Waals surface area contributed by atoms with Crippen molar-refractivity contribution in [2.24, 2.45) is 11.8 Å². The highest BCUT2D eigenvalue weighted by molar-refractivity contribution is 7.92. The topological polar surface area (TPSA) is 101 Å². The number of aromatic nitrogens is 2. The molecule has 5 rings (SSSR count). The molecule has 2 aromatic carbocycles. The fourth-order valence-corrected chi connectivity index (χ4v) is 8.68. The van der Waals surface area contributed by atoms with Crippen LogP contribution >= 0.6 is 11.6 Å². The van der Waals surface area contributed by atoms with Crippen LogP contribution in [0.2, 0.25) is 5.02 Å². The summed E-state index contributed by atoms with van der Waals surface area (Å²) in [5.41, 5.74) is -1.50. The van der Waals surface area contributed by atoms with E-state index in [0.29, 0.717) is 44.4 Å². The Morgan fingerprint density at radius 3 is 2.38 bits per heavy atom. The smallest absolute Gasteiger partial charge is 0.255 e. The number of aliphatic hydroxyl groups is 1. The van der Waals surface area contributed by atoms with E-state index >= 15 is 0 Å². The van der Waals surface area contributed by atoms with Gasteiger partial charge in [0.25, 0.3) is 5.91 Å². The fraction of sp³-hybridized carbons (Fsp3) is 0.360. The van der Waals surface area contributed by atoms with Crippen LogP contribution in [0, 0.1) is 29.3 Å². The van der Waals surface area contributed by atoms with Crippen molar-refractivity contribution in [3.8, 4) is 0 Å². The summed E-state index contributed by atoms with van der Waals surface area (Å²) < 4.78 is 69.7. The number of benzene rings is 2. The van der Waals surface area contributed by atoms with Crippen molar-refractivity contribution >= 4 is 33.0 Å². The first kappa shape index (κ1) is 25.7. The number of hydrogen-bond acceptors (Lipinski definition) is 5. The molecule has 0 aliphatic heterocycles. The first-order valence-corrected chi connectivity index (χ1v) is 13.6. The van der Waals surface area contributed by atoms with Crippen LogP contribution in [0.1, 0.15) is 36.0 Å². The Labute approximate surface area is 216 Å². The molecular formula is C25H23ClF3N3O4S. The lowest BCUT2D eigenvalue weighted by atomic mass is 9.77. The molecule has 2 saturated carbocycles. The van der Waals surface area contributed by atoms with Crippen molar-refractivity contribution < 1.29 is 31.5 Å². The number of anilines is 1. The standard InChI is InChI=1S/C25H23ClF3N3O4S/c26-18-4-3-14(24(33)31-17-8-19(27)22(29)20(28)9-17)7-21(18)37(35,36)23-15-1-2-16(23)11-25(34,10-15)12-32-6-5-30-13-32/h3-9,13,15-16,23,34H,1-2,10-12H2,(H,31,33)/t15-,16?,23+,25+/m0/s1. The lowest BCUT2D eigenvalue weighted by Gasteiger charge is -2.41. The molecule has 1 aromatic heterocycles. The van der Waals surface area contributed by atoms with Gasteiger partial charge in [0.05, 0.1) is 33.6 Å². The predicted octanol–water partition coefficient (Wildman–Crippen LogP) is 4.60. The molecule has 2 fully saturated rings. The third-order valence-electron chi connectivity index (χ3n) is 7.26. The molecule has 3 aromatic rings. The number of rotatable bonds is 6. The zero-order valence-corrected chi connectivity index (χ0v) is 20.9. The van der Waals surface area contributed by atoms with Crippen LogP contribution in [0.4, 0.5) is 18.9 Å². The highest BCUT2D eigenvalue weighted by Crippen LogP contribution is 2.51. The maximum Gasteiger partial charge on any atom is 0.255 e. The molecule has 4 atom stereocenters. The molecule has 7 nitrogen and oxygen atoms in total. The van der Waals surface area contributed by atoms with E-state index < -0.39 is 44.0 Å². The number of carbonyl (C=O) groups is 1. The van der Waals surface area contributed by atoms with Crippen molar-refractivity contribution in [1.29, 1.82) is 0 Å². The lowest BCUT2D eigenvalue weighted by molar-refractivity contribution is -0.0329. The molecule has 2 N–H and O–H groups in total. The van der Waals surface area contributed by atoms with Crippen LogP contribution in [-0.4, -0.2) is 39.8 Å². The Balaban J connectivity index is 1.39. The minimum atomic E-state index is -4.00. The highest BCUT2D eigenvalue weighted by Gasteiger charge is 2.54. The summed E-state index contributed by atoms with van der Waals surface area (Å²) in [6.45, 7) is 0.313. The van der Waals surface area contributed by atoms with Gasteiger partial charge in [-0.15, -0.1) is 0 Å².